The molecule has 0 amide bonds. The number of rotatable bonds is 8. The van der Waals surface area contributed by atoms with Crippen LogP contribution in [0.2, 0.25) is 0 Å². The Morgan fingerprint density at radius 3 is 1.67 bits per heavy atom. The standard InChI is InChI=1S/C49H37N5/c1-2-3-16-33-17-14-20-35(31-33)36-21-15-22-37(32-36)48-50-47(34-18-6-4-7-19-34)51-49(52-48)54-44-28-13-11-26-40(44)42-30-29-41-39-25-10-12-27-43(39)53(45(41)46(42)54)38-23-8-5-9-24-38/h4-15,17-32H,2-3,16H2,1H3. The fourth-order valence-electron chi connectivity index (χ4n) is 7.99. The molecule has 3 aromatic heterocycles. The van der Waals surface area contributed by atoms with E-state index in [1.807, 2.05) is 18.2 Å². The highest BCUT2D eigenvalue weighted by atomic mass is 15.2. The largest absolute Gasteiger partial charge is 0.307 e. The first-order valence-electron chi connectivity index (χ1n) is 18.8. The molecular formula is C49H37N5. The third-order valence-corrected chi connectivity index (χ3v) is 10.5. The lowest BCUT2D eigenvalue weighted by atomic mass is 9.99. The van der Waals surface area contributed by atoms with Gasteiger partial charge in [-0.25, -0.2) is 4.98 Å². The second-order valence-corrected chi connectivity index (χ2v) is 13.9. The number of aryl methyl sites for hydroxylation is 1. The molecule has 54 heavy (non-hydrogen) atoms. The molecule has 3 heterocycles. The second-order valence-electron chi connectivity index (χ2n) is 13.9. The van der Waals surface area contributed by atoms with Gasteiger partial charge in [0.05, 0.1) is 22.1 Å². The highest BCUT2D eigenvalue weighted by Gasteiger charge is 2.23. The second kappa shape index (κ2) is 13.3. The van der Waals surface area contributed by atoms with Crippen LogP contribution >= 0.6 is 0 Å². The molecule has 5 nitrogen and oxygen atoms in total. The Balaban J connectivity index is 1.27. The van der Waals surface area contributed by atoms with Gasteiger partial charge in [0.25, 0.3) is 0 Å². The lowest BCUT2D eigenvalue weighted by molar-refractivity contribution is 0.795. The summed E-state index contributed by atoms with van der Waals surface area (Å²) in [6, 6.07) is 60.2. The van der Waals surface area contributed by atoms with Crippen LogP contribution in [0.25, 0.3) is 89.2 Å². The fourth-order valence-corrected chi connectivity index (χ4v) is 7.99. The highest BCUT2D eigenvalue weighted by Crippen LogP contribution is 2.41. The first-order chi connectivity index (χ1) is 26.7. The zero-order valence-corrected chi connectivity index (χ0v) is 30.0. The van der Waals surface area contributed by atoms with E-state index in [0.29, 0.717) is 17.6 Å². The number of hydrogen-bond acceptors (Lipinski definition) is 3. The average molecular weight is 696 g/mol. The smallest absolute Gasteiger partial charge is 0.238 e. The lowest BCUT2D eigenvalue weighted by Gasteiger charge is -2.13. The molecule has 0 atom stereocenters. The summed E-state index contributed by atoms with van der Waals surface area (Å²) in [6.07, 6.45) is 3.44. The van der Waals surface area contributed by atoms with Gasteiger partial charge in [0.15, 0.2) is 11.6 Å². The zero-order chi connectivity index (χ0) is 36.0. The molecule has 0 bridgehead atoms. The molecule has 7 aromatic carbocycles. The summed E-state index contributed by atoms with van der Waals surface area (Å²) >= 11 is 0. The van der Waals surface area contributed by atoms with E-state index in [1.165, 1.54) is 34.7 Å². The number of hydrogen-bond donors (Lipinski definition) is 0. The molecule has 0 aliphatic heterocycles. The number of aromatic nitrogens is 5. The first-order valence-corrected chi connectivity index (χ1v) is 18.8. The van der Waals surface area contributed by atoms with Crippen molar-refractivity contribution in [1.29, 1.82) is 0 Å². The van der Waals surface area contributed by atoms with Crippen molar-refractivity contribution in [3.05, 3.63) is 175 Å². The Labute approximate surface area is 313 Å². The minimum atomic E-state index is 0.578. The fraction of sp³-hybridized carbons (Fsp3) is 0.0816. The minimum absolute atomic E-state index is 0.578. The number of para-hydroxylation sites is 3. The molecule has 0 saturated heterocycles. The van der Waals surface area contributed by atoms with Crippen LogP contribution in [0.5, 0.6) is 0 Å². The van der Waals surface area contributed by atoms with Crippen LogP contribution in [0.1, 0.15) is 25.3 Å². The Hall–Kier alpha value is -6.85. The Bertz CT molecular complexity index is 2980. The van der Waals surface area contributed by atoms with E-state index in [9.17, 15) is 0 Å². The summed E-state index contributed by atoms with van der Waals surface area (Å²) in [6.45, 7) is 2.24. The predicted molar refractivity (Wildman–Crippen MR) is 223 cm³/mol. The summed E-state index contributed by atoms with van der Waals surface area (Å²) in [7, 11) is 0. The topological polar surface area (TPSA) is 48.5 Å². The highest BCUT2D eigenvalue weighted by molar-refractivity contribution is 6.23. The van der Waals surface area contributed by atoms with Crippen molar-refractivity contribution >= 4 is 43.6 Å². The lowest BCUT2D eigenvalue weighted by Crippen LogP contribution is -2.07. The predicted octanol–water partition coefficient (Wildman–Crippen LogP) is 12.4. The van der Waals surface area contributed by atoms with Gasteiger partial charge >= 0.3 is 0 Å². The molecule has 10 aromatic rings. The van der Waals surface area contributed by atoms with Crippen LogP contribution in [0, 0.1) is 0 Å². The van der Waals surface area contributed by atoms with Gasteiger partial charge in [-0.15, -0.1) is 0 Å². The molecule has 0 saturated carbocycles. The van der Waals surface area contributed by atoms with E-state index in [1.54, 1.807) is 0 Å². The molecule has 0 unspecified atom stereocenters. The number of unbranched alkanes of at least 4 members (excludes halogenated alkanes) is 1. The number of fused-ring (bicyclic) bond motifs is 7. The Morgan fingerprint density at radius 1 is 0.426 bits per heavy atom. The van der Waals surface area contributed by atoms with Crippen molar-refractivity contribution in [1.82, 2.24) is 24.1 Å². The van der Waals surface area contributed by atoms with E-state index in [2.05, 4.69) is 168 Å². The van der Waals surface area contributed by atoms with Gasteiger partial charge in [0, 0.05) is 38.4 Å². The van der Waals surface area contributed by atoms with Crippen LogP contribution < -0.4 is 0 Å². The minimum Gasteiger partial charge on any atom is -0.307 e. The molecule has 10 rings (SSSR count). The summed E-state index contributed by atoms with van der Waals surface area (Å²) in [4.78, 5) is 15.8. The van der Waals surface area contributed by atoms with Gasteiger partial charge in [0.2, 0.25) is 5.95 Å². The summed E-state index contributed by atoms with van der Waals surface area (Å²) in [5.74, 6) is 1.84. The molecule has 0 spiro atoms. The van der Waals surface area contributed by atoms with E-state index < -0.39 is 0 Å². The normalized spacial score (nSPS) is 11.6. The van der Waals surface area contributed by atoms with Crippen LogP contribution in [-0.4, -0.2) is 24.1 Å². The van der Waals surface area contributed by atoms with E-state index >= 15 is 0 Å². The third kappa shape index (κ3) is 5.36. The van der Waals surface area contributed by atoms with Crippen LogP contribution in [0.4, 0.5) is 0 Å². The average Bonchev–Trinajstić information content (AvgIpc) is 3.77. The maximum atomic E-state index is 5.36. The van der Waals surface area contributed by atoms with Gasteiger partial charge in [0.1, 0.15) is 0 Å². The molecular weight excluding hydrogens is 659 g/mol. The van der Waals surface area contributed by atoms with Crippen molar-refractivity contribution in [3.63, 3.8) is 0 Å². The third-order valence-electron chi connectivity index (χ3n) is 10.5. The monoisotopic (exact) mass is 695 g/mol. The molecule has 0 aliphatic carbocycles. The SMILES string of the molecule is CCCCc1cccc(-c2cccc(-c3nc(-c4ccccc4)nc(-n4c5ccccc5c5ccc6c7ccccc7n(-c7ccccc7)c6c54)n3)c2)c1. The van der Waals surface area contributed by atoms with Crippen LogP contribution in [-0.2, 0) is 6.42 Å². The Kier molecular flexibility index (Phi) is 7.84. The molecule has 258 valence electrons. The quantitative estimate of drug-likeness (QED) is 0.159. The van der Waals surface area contributed by atoms with Gasteiger partial charge < -0.3 is 4.57 Å². The van der Waals surface area contributed by atoms with Crippen molar-refractivity contribution < 1.29 is 0 Å². The van der Waals surface area contributed by atoms with E-state index in [0.717, 1.165) is 61.6 Å². The molecule has 0 fully saturated rings. The molecule has 0 radical (unpaired) electrons. The molecule has 0 aliphatic rings. The Morgan fingerprint density at radius 2 is 0.963 bits per heavy atom. The molecule has 0 N–H and O–H groups in total. The number of benzene rings is 7. The summed E-state index contributed by atoms with van der Waals surface area (Å²) in [5.41, 5.74) is 11.0. The summed E-state index contributed by atoms with van der Waals surface area (Å²) in [5, 5.41) is 4.67. The maximum Gasteiger partial charge on any atom is 0.238 e. The van der Waals surface area contributed by atoms with Gasteiger partial charge in [-0.1, -0.05) is 153 Å². The van der Waals surface area contributed by atoms with Crippen molar-refractivity contribution in [2.24, 2.45) is 0 Å². The van der Waals surface area contributed by atoms with Gasteiger partial charge in [-0.2, -0.15) is 9.97 Å². The van der Waals surface area contributed by atoms with Crippen LogP contribution in [0.3, 0.4) is 0 Å². The van der Waals surface area contributed by atoms with Crippen LogP contribution in [0.15, 0.2) is 170 Å². The van der Waals surface area contributed by atoms with E-state index in [-0.39, 0.29) is 0 Å². The zero-order valence-electron chi connectivity index (χ0n) is 30.0. The van der Waals surface area contributed by atoms with Gasteiger partial charge in [-0.05, 0) is 59.9 Å². The van der Waals surface area contributed by atoms with Crippen molar-refractivity contribution in [3.8, 4) is 45.5 Å². The van der Waals surface area contributed by atoms with Gasteiger partial charge in [-0.3, -0.25) is 4.57 Å². The number of nitrogens with zero attached hydrogens (tertiary/aromatic N) is 5. The van der Waals surface area contributed by atoms with Crippen molar-refractivity contribution in [2.75, 3.05) is 0 Å². The van der Waals surface area contributed by atoms with E-state index in [4.69, 9.17) is 15.0 Å². The van der Waals surface area contributed by atoms with Crippen molar-refractivity contribution in [2.45, 2.75) is 26.2 Å². The first kappa shape index (κ1) is 31.9. The summed E-state index contributed by atoms with van der Waals surface area (Å²) < 4.78 is 4.64. The maximum absolute atomic E-state index is 5.36. The molecule has 5 heteroatoms.